The standard InChI is InChI=1S/C27H26N4O4S/c1-34-22-14-12-19(13-15-22)26-17-25(28-31(26)36(3,32)33)24-18-30(21-9-5-4-6-10-21)29-27(24)20-8-7-11-23(16-20)35-2/h4-16,18,26H,17H2,1-3H3/t26-/m1/s1. The summed E-state index contributed by atoms with van der Waals surface area (Å²) in [5.41, 5.74) is 4.66. The molecule has 0 N–H and O–H groups in total. The van der Waals surface area contributed by atoms with Crippen LogP contribution in [0.25, 0.3) is 16.9 Å². The fraction of sp³-hybridized carbons (Fsp3) is 0.185. The first-order valence-electron chi connectivity index (χ1n) is 11.4. The van der Waals surface area contributed by atoms with E-state index in [-0.39, 0.29) is 0 Å². The van der Waals surface area contributed by atoms with E-state index in [4.69, 9.17) is 14.6 Å². The molecular weight excluding hydrogens is 476 g/mol. The fourth-order valence-electron chi connectivity index (χ4n) is 4.31. The average molecular weight is 503 g/mol. The van der Waals surface area contributed by atoms with Crippen LogP contribution in [0.5, 0.6) is 11.5 Å². The van der Waals surface area contributed by atoms with E-state index in [9.17, 15) is 8.42 Å². The van der Waals surface area contributed by atoms with Crippen LogP contribution in [-0.4, -0.2) is 48.8 Å². The molecule has 0 spiro atoms. The molecule has 0 fully saturated rings. The molecule has 0 radical (unpaired) electrons. The molecule has 5 rings (SSSR count). The Hall–Kier alpha value is -4.11. The molecule has 36 heavy (non-hydrogen) atoms. The quantitative estimate of drug-likeness (QED) is 0.367. The monoisotopic (exact) mass is 502 g/mol. The third-order valence-corrected chi connectivity index (χ3v) is 7.12. The molecule has 0 unspecified atom stereocenters. The second-order valence-electron chi connectivity index (χ2n) is 8.48. The number of methoxy groups -OCH3 is 2. The average Bonchev–Trinajstić information content (AvgIpc) is 3.55. The lowest BCUT2D eigenvalue weighted by molar-refractivity contribution is 0.374. The van der Waals surface area contributed by atoms with Gasteiger partial charge in [0.1, 0.15) is 17.2 Å². The zero-order valence-electron chi connectivity index (χ0n) is 20.2. The third kappa shape index (κ3) is 4.57. The van der Waals surface area contributed by atoms with Crippen LogP contribution in [-0.2, 0) is 10.0 Å². The predicted octanol–water partition coefficient (Wildman–Crippen LogP) is 4.67. The molecule has 0 saturated heterocycles. The maximum absolute atomic E-state index is 12.7. The Morgan fingerprint density at radius 3 is 2.28 bits per heavy atom. The molecule has 1 aromatic heterocycles. The topological polar surface area (TPSA) is 86.0 Å². The Balaban J connectivity index is 1.63. The first kappa shape index (κ1) is 23.6. The van der Waals surface area contributed by atoms with Gasteiger partial charge in [-0.2, -0.15) is 14.6 Å². The van der Waals surface area contributed by atoms with Crippen LogP contribution < -0.4 is 9.47 Å². The molecule has 1 aliphatic heterocycles. The van der Waals surface area contributed by atoms with Crippen LogP contribution in [0.15, 0.2) is 90.2 Å². The summed E-state index contributed by atoms with van der Waals surface area (Å²) in [5, 5.41) is 9.49. The number of benzene rings is 3. The van der Waals surface area contributed by atoms with Crippen molar-refractivity contribution in [3.05, 3.63) is 96.2 Å². The smallest absolute Gasteiger partial charge is 0.247 e. The number of aromatic nitrogens is 2. The summed E-state index contributed by atoms with van der Waals surface area (Å²) in [6.45, 7) is 0. The third-order valence-electron chi connectivity index (χ3n) is 6.10. The van der Waals surface area contributed by atoms with E-state index in [1.165, 1.54) is 10.7 Å². The molecule has 1 atom stereocenters. The second kappa shape index (κ2) is 9.50. The maximum atomic E-state index is 12.7. The number of ether oxygens (including phenoxy) is 2. The summed E-state index contributed by atoms with van der Waals surface area (Å²) in [6.07, 6.45) is 3.48. The summed E-state index contributed by atoms with van der Waals surface area (Å²) in [7, 11) is -0.408. The molecule has 9 heteroatoms. The van der Waals surface area contributed by atoms with Gasteiger partial charge in [0.2, 0.25) is 10.0 Å². The molecule has 184 valence electrons. The molecule has 2 heterocycles. The summed E-state index contributed by atoms with van der Waals surface area (Å²) in [4.78, 5) is 0. The van der Waals surface area contributed by atoms with Crippen molar-refractivity contribution in [3.63, 3.8) is 0 Å². The summed E-state index contributed by atoms with van der Waals surface area (Å²) in [6, 6.07) is 24.3. The van der Waals surface area contributed by atoms with E-state index in [0.717, 1.165) is 22.4 Å². The normalized spacial score (nSPS) is 15.6. The van der Waals surface area contributed by atoms with Crippen LogP contribution in [0.2, 0.25) is 0 Å². The minimum atomic E-state index is -3.62. The number of sulfonamides is 1. The van der Waals surface area contributed by atoms with Crippen molar-refractivity contribution in [2.24, 2.45) is 5.10 Å². The number of nitrogens with zero attached hydrogens (tertiary/aromatic N) is 4. The van der Waals surface area contributed by atoms with Gasteiger partial charge in [0.15, 0.2) is 0 Å². The highest BCUT2D eigenvalue weighted by Gasteiger charge is 2.36. The van der Waals surface area contributed by atoms with Gasteiger partial charge in [-0.1, -0.05) is 42.5 Å². The number of rotatable bonds is 7. The van der Waals surface area contributed by atoms with E-state index < -0.39 is 16.1 Å². The summed E-state index contributed by atoms with van der Waals surface area (Å²) in [5.74, 6) is 1.41. The second-order valence-corrected chi connectivity index (χ2v) is 10.3. The van der Waals surface area contributed by atoms with Crippen molar-refractivity contribution >= 4 is 15.7 Å². The lowest BCUT2D eigenvalue weighted by atomic mass is 9.97. The van der Waals surface area contributed by atoms with Gasteiger partial charge in [-0.3, -0.25) is 0 Å². The van der Waals surface area contributed by atoms with E-state index in [0.29, 0.717) is 29.3 Å². The highest BCUT2D eigenvalue weighted by molar-refractivity contribution is 7.88. The number of hydrogen-bond acceptors (Lipinski definition) is 6. The lowest BCUT2D eigenvalue weighted by Crippen LogP contribution is -2.25. The highest BCUT2D eigenvalue weighted by atomic mass is 32.2. The van der Waals surface area contributed by atoms with Crippen LogP contribution in [0.3, 0.4) is 0 Å². The highest BCUT2D eigenvalue weighted by Crippen LogP contribution is 2.38. The van der Waals surface area contributed by atoms with Crippen molar-refractivity contribution in [2.75, 3.05) is 20.5 Å². The first-order valence-corrected chi connectivity index (χ1v) is 13.2. The largest absolute Gasteiger partial charge is 0.497 e. The van der Waals surface area contributed by atoms with Crippen LogP contribution in [0.1, 0.15) is 23.6 Å². The number of hydrazone groups is 1. The van der Waals surface area contributed by atoms with Crippen LogP contribution in [0.4, 0.5) is 0 Å². The van der Waals surface area contributed by atoms with E-state index >= 15 is 0 Å². The fourth-order valence-corrected chi connectivity index (χ4v) is 5.22. The zero-order chi connectivity index (χ0) is 25.3. The molecule has 0 aliphatic carbocycles. The Morgan fingerprint density at radius 2 is 1.61 bits per heavy atom. The molecule has 0 saturated carbocycles. The number of para-hydroxylation sites is 1. The van der Waals surface area contributed by atoms with Gasteiger partial charge in [0, 0.05) is 23.7 Å². The molecular formula is C27H26N4O4S. The van der Waals surface area contributed by atoms with Crippen LogP contribution in [0, 0.1) is 0 Å². The van der Waals surface area contributed by atoms with Crippen molar-refractivity contribution in [1.29, 1.82) is 0 Å². The van der Waals surface area contributed by atoms with Gasteiger partial charge in [0.05, 0.1) is 37.9 Å². The zero-order valence-corrected chi connectivity index (χ0v) is 21.0. The van der Waals surface area contributed by atoms with E-state index in [1.807, 2.05) is 85.1 Å². The van der Waals surface area contributed by atoms with Gasteiger partial charge < -0.3 is 9.47 Å². The summed E-state index contributed by atoms with van der Waals surface area (Å²) < 4.78 is 39.2. The van der Waals surface area contributed by atoms with Crippen molar-refractivity contribution in [1.82, 2.24) is 14.2 Å². The SMILES string of the molecule is COc1ccc([C@H]2CC(c3cn(-c4ccccc4)nc3-c3cccc(OC)c3)=NN2S(C)(=O)=O)cc1. The Bertz CT molecular complexity index is 1510. The van der Waals surface area contributed by atoms with Crippen LogP contribution >= 0.6 is 0 Å². The summed E-state index contributed by atoms with van der Waals surface area (Å²) >= 11 is 0. The van der Waals surface area contributed by atoms with Gasteiger partial charge in [0.25, 0.3) is 0 Å². The van der Waals surface area contributed by atoms with E-state index in [1.54, 1.807) is 18.9 Å². The minimum Gasteiger partial charge on any atom is -0.497 e. The Morgan fingerprint density at radius 1 is 0.889 bits per heavy atom. The minimum absolute atomic E-state index is 0.400. The molecule has 0 bridgehead atoms. The number of hydrogen-bond donors (Lipinski definition) is 0. The predicted molar refractivity (Wildman–Crippen MR) is 139 cm³/mol. The first-order chi connectivity index (χ1) is 17.4. The molecule has 4 aromatic rings. The van der Waals surface area contributed by atoms with Gasteiger partial charge in [-0.05, 0) is 42.0 Å². The molecule has 1 aliphatic rings. The molecule has 8 nitrogen and oxygen atoms in total. The van der Waals surface area contributed by atoms with Crippen molar-refractivity contribution < 1.29 is 17.9 Å². The van der Waals surface area contributed by atoms with Gasteiger partial charge >= 0.3 is 0 Å². The Labute approximate surface area is 210 Å². The maximum Gasteiger partial charge on any atom is 0.247 e. The lowest BCUT2D eigenvalue weighted by Gasteiger charge is -2.21. The van der Waals surface area contributed by atoms with Crippen molar-refractivity contribution in [2.45, 2.75) is 12.5 Å². The molecule has 3 aromatic carbocycles. The Kier molecular flexibility index (Phi) is 6.24. The van der Waals surface area contributed by atoms with Gasteiger partial charge in [-0.15, -0.1) is 0 Å². The van der Waals surface area contributed by atoms with Crippen molar-refractivity contribution in [3.8, 4) is 28.4 Å². The van der Waals surface area contributed by atoms with E-state index in [2.05, 4.69) is 5.10 Å². The molecule has 0 amide bonds. The van der Waals surface area contributed by atoms with Gasteiger partial charge in [-0.25, -0.2) is 13.1 Å².